The number of piperidine rings is 1. The standard InChI is InChI=1S/C13H17ClN4O3/c1-8-11(18(20)21)12(14)15-17(8)10-4-6-16(7-5-10)13(19)9-2-3-9/h9-10H,2-7H2,1H3. The van der Waals surface area contributed by atoms with Gasteiger partial charge in [0.25, 0.3) is 0 Å². The minimum absolute atomic E-state index is 0.0611. The predicted molar refractivity (Wildman–Crippen MR) is 76.2 cm³/mol. The molecule has 2 heterocycles. The molecular weight excluding hydrogens is 296 g/mol. The van der Waals surface area contributed by atoms with E-state index in [2.05, 4.69) is 5.10 Å². The predicted octanol–water partition coefficient (Wildman–Crippen LogP) is 2.33. The van der Waals surface area contributed by atoms with E-state index >= 15 is 0 Å². The fourth-order valence-corrected chi connectivity index (χ4v) is 3.24. The molecule has 114 valence electrons. The summed E-state index contributed by atoms with van der Waals surface area (Å²) in [4.78, 5) is 24.4. The van der Waals surface area contributed by atoms with E-state index in [0.29, 0.717) is 18.8 Å². The zero-order valence-corrected chi connectivity index (χ0v) is 12.5. The fraction of sp³-hybridized carbons (Fsp3) is 0.692. The number of amides is 1. The summed E-state index contributed by atoms with van der Waals surface area (Å²) in [6.45, 7) is 3.04. The van der Waals surface area contributed by atoms with Crippen molar-refractivity contribution in [2.24, 2.45) is 5.92 Å². The van der Waals surface area contributed by atoms with Gasteiger partial charge in [0, 0.05) is 19.0 Å². The lowest BCUT2D eigenvalue weighted by atomic mass is 10.0. The Kier molecular flexibility index (Phi) is 3.61. The number of rotatable bonds is 3. The van der Waals surface area contributed by atoms with Gasteiger partial charge in [-0.25, -0.2) is 0 Å². The number of carbonyl (C=O) groups is 1. The van der Waals surface area contributed by atoms with E-state index in [0.717, 1.165) is 25.7 Å². The minimum atomic E-state index is -0.493. The molecule has 0 aromatic carbocycles. The van der Waals surface area contributed by atoms with Crippen LogP contribution in [0.3, 0.4) is 0 Å². The third kappa shape index (κ3) is 2.62. The van der Waals surface area contributed by atoms with E-state index in [-0.39, 0.29) is 28.7 Å². The quantitative estimate of drug-likeness (QED) is 0.633. The number of halogens is 1. The van der Waals surface area contributed by atoms with Crippen LogP contribution in [0.25, 0.3) is 0 Å². The van der Waals surface area contributed by atoms with Crippen LogP contribution in [0.1, 0.15) is 37.4 Å². The Morgan fingerprint density at radius 1 is 1.33 bits per heavy atom. The van der Waals surface area contributed by atoms with Gasteiger partial charge >= 0.3 is 5.69 Å². The van der Waals surface area contributed by atoms with Crippen LogP contribution in [0, 0.1) is 23.0 Å². The third-order valence-electron chi connectivity index (χ3n) is 4.31. The van der Waals surface area contributed by atoms with Crippen molar-refractivity contribution in [2.45, 2.75) is 38.6 Å². The van der Waals surface area contributed by atoms with Crippen molar-refractivity contribution >= 4 is 23.2 Å². The molecule has 8 heteroatoms. The minimum Gasteiger partial charge on any atom is -0.342 e. The summed E-state index contributed by atoms with van der Waals surface area (Å²) >= 11 is 5.86. The second-order valence-electron chi connectivity index (χ2n) is 5.76. The Morgan fingerprint density at radius 2 is 1.95 bits per heavy atom. The van der Waals surface area contributed by atoms with Gasteiger partial charge in [-0.15, -0.1) is 0 Å². The van der Waals surface area contributed by atoms with E-state index in [1.54, 1.807) is 11.6 Å². The Bertz CT molecular complexity index is 588. The molecule has 1 aliphatic heterocycles. The zero-order valence-electron chi connectivity index (χ0n) is 11.8. The van der Waals surface area contributed by atoms with E-state index in [4.69, 9.17) is 11.6 Å². The lowest BCUT2D eigenvalue weighted by Gasteiger charge is -2.32. The van der Waals surface area contributed by atoms with Gasteiger partial charge in [-0.1, -0.05) is 11.6 Å². The van der Waals surface area contributed by atoms with Crippen molar-refractivity contribution in [3.05, 3.63) is 21.0 Å². The summed E-state index contributed by atoms with van der Waals surface area (Å²) in [6, 6.07) is 0.0689. The summed E-state index contributed by atoms with van der Waals surface area (Å²) in [5.41, 5.74) is 0.366. The molecule has 2 fully saturated rings. The highest BCUT2D eigenvalue weighted by Gasteiger charge is 2.36. The lowest BCUT2D eigenvalue weighted by Crippen LogP contribution is -2.40. The Labute approximate surface area is 127 Å². The molecule has 1 aromatic heterocycles. The molecule has 1 aliphatic carbocycles. The van der Waals surface area contributed by atoms with Crippen molar-refractivity contribution in [3.8, 4) is 0 Å². The number of hydrogen-bond acceptors (Lipinski definition) is 4. The average Bonchev–Trinajstić information content (AvgIpc) is 3.24. The number of aromatic nitrogens is 2. The van der Waals surface area contributed by atoms with Gasteiger partial charge < -0.3 is 4.90 Å². The van der Waals surface area contributed by atoms with Gasteiger partial charge in [-0.05, 0) is 32.6 Å². The second kappa shape index (κ2) is 5.29. The molecule has 1 aromatic rings. The molecule has 21 heavy (non-hydrogen) atoms. The van der Waals surface area contributed by atoms with E-state index < -0.39 is 4.92 Å². The monoisotopic (exact) mass is 312 g/mol. The van der Waals surface area contributed by atoms with Crippen LogP contribution >= 0.6 is 11.6 Å². The molecule has 0 radical (unpaired) electrons. The normalized spacial score (nSPS) is 19.8. The maximum absolute atomic E-state index is 12.0. The van der Waals surface area contributed by atoms with Crippen LogP contribution in [-0.2, 0) is 4.79 Å². The largest absolute Gasteiger partial charge is 0.342 e. The summed E-state index contributed by atoms with van der Waals surface area (Å²) in [6.07, 6.45) is 3.54. The maximum Gasteiger partial charge on any atom is 0.328 e. The van der Waals surface area contributed by atoms with Crippen molar-refractivity contribution < 1.29 is 9.72 Å². The first-order valence-electron chi connectivity index (χ1n) is 7.17. The summed E-state index contributed by atoms with van der Waals surface area (Å²) < 4.78 is 1.65. The van der Waals surface area contributed by atoms with Gasteiger partial charge in [0.15, 0.2) is 0 Å². The summed E-state index contributed by atoms with van der Waals surface area (Å²) in [7, 11) is 0. The lowest BCUT2D eigenvalue weighted by molar-refractivity contribution is -0.385. The highest BCUT2D eigenvalue weighted by Crippen LogP contribution is 2.35. The molecule has 0 bridgehead atoms. The van der Waals surface area contributed by atoms with Crippen LogP contribution in [0.4, 0.5) is 5.69 Å². The number of nitrogens with zero attached hydrogens (tertiary/aromatic N) is 4. The van der Waals surface area contributed by atoms with Gasteiger partial charge in [0.05, 0.1) is 11.0 Å². The van der Waals surface area contributed by atoms with Crippen LogP contribution in [0.15, 0.2) is 0 Å². The molecular formula is C13H17ClN4O3. The third-order valence-corrected chi connectivity index (χ3v) is 4.56. The zero-order chi connectivity index (χ0) is 15.1. The fourth-order valence-electron chi connectivity index (χ4n) is 2.96. The number of carbonyl (C=O) groups excluding carboxylic acids is 1. The first kappa shape index (κ1) is 14.3. The Hall–Kier alpha value is -1.63. The molecule has 1 saturated carbocycles. The van der Waals surface area contributed by atoms with Crippen molar-refractivity contribution in [3.63, 3.8) is 0 Å². The summed E-state index contributed by atoms with van der Waals surface area (Å²) in [5, 5.41) is 15.0. The maximum atomic E-state index is 12.0. The smallest absolute Gasteiger partial charge is 0.328 e. The number of likely N-dealkylation sites (tertiary alicyclic amines) is 1. The molecule has 2 aliphatic rings. The van der Waals surface area contributed by atoms with Crippen LogP contribution in [0.2, 0.25) is 5.15 Å². The first-order valence-corrected chi connectivity index (χ1v) is 7.54. The van der Waals surface area contributed by atoms with E-state index in [1.165, 1.54) is 0 Å². The summed E-state index contributed by atoms with van der Waals surface area (Å²) in [5.74, 6) is 0.498. The van der Waals surface area contributed by atoms with Crippen LogP contribution < -0.4 is 0 Å². The molecule has 1 saturated heterocycles. The molecule has 7 nitrogen and oxygen atoms in total. The Morgan fingerprint density at radius 3 is 2.43 bits per heavy atom. The molecule has 0 atom stereocenters. The SMILES string of the molecule is Cc1c([N+](=O)[O-])c(Cl)nn1C1CCN(C(=O)C2CC2)CC1. The molecule has 0 N–H and O–H groups in total. The van der Waals surface area contributed by atoms with Crippen molar-refractivity contribution in [1.29, 1.82) is 0 Å². The van der Waals surface area contributed by atoms with Gasteiger partial charge in [0.1, 0.15) is 5.69 Å². The molecule has 0 spiro atoms. The van der Waals surface area contributed by atoms with Crippen LogP contribution in [-0.4, -0.2) is 38.6 Å². The van der Waals surface area contributed by atoms with Crippen molar-refractivity contribution in [2.75, 3.05) is 13.1 Å². The van der Waals surface area contributed by atoms with E-state index in [9.17, 15) is 14.9 Å². The topological polar surface area (TPSA) is 81.3 Å². The average molecular weight is 313 g/mol. The molecule has 1 amide bonds. The highest BCUT2D eigenvalue weighted by atomic mass is 35.5. The van der Waals surface area contributed by atoms with Crippen LogP contribution in [0.5, 0.6) is 0 Å². The second-order valence-corrected chi connectivity index (χ2v) is 6.12. The highest BCUT2D eigenvalue weighted by molar-refractivity contribution is 6.31. The van der Waals surface area contributed by atoms with Crippen molar-refractivity contribution in [1.82, 2.24) is 14.7 Å². The molecule has 0 unspecified atom stereocenters. The number of hydrogen-bond donors (Lipinski definition) is 0. The van der Waals surface area contributed by atoms with Gasteiger partial charge in [0.2, 0.25) is 11.1 Å². The van der Waals surface area contributed by atoms with Gasteiger partial charge in [-0.3, -0.25) is 19.6 Å². The Balaban J connectivity index is 1.71. The van der Waals surface area contributed by atoms with E-state index in [1.807, 2.05) is 4.90 Å². The molecule has 3 rings (SSSR count). The number of nitro groups is 1. The van der Waals surface area contributed by atoms with Gasteiger partial charge in [-0.2, -0.15) is 5.10 Å². The first-order chi connectivity index (χ1) is 9.99.